The number of thiophene rings is 1. The van der Waals surface area contributed by atoms with E-state index < -0.39 is 7.40 Å². The van der Waals surface area contributed by atoms with Crippen molar-refractivity contribution >= 4 is 46.3 Å². The van der Waals surface area contributed by atoms with Gasteiger partial charge in [0, 0.05) is 21.7 Å². The Kier molecular flexibility index (Phi) is 5.82. The average Bonchev–Trinajstić information content (AvgIpc) is 3.64. The number of halogens is 2. The molecule has 0 fully saturated rings. The Hall–Kier alpha value is -4.23. The van der Waals surface area contributed by atoms with E-state index in [1.807, 2.05) is 72.8 Å². The summed E-state index contributed by atoms with van der Waals surface area (Å²) in [6, 6.07) is 29.8. The van der Waals surface area contributed by atoms with Crippen molar-refractivity contribution < 1.29 is 13.4 Å². The topological polar surface area (TPSA) is 26.5 Å². The van der Waals surface area contributed by atoms with Crippen molar-refractivity contribution in [2.24, 2.45) is 4.99 Å². The molecule has 0 amide bonds. The zero-order valence-corrected chi connectivity index (χ0v) is 22.0. The first-order valence-electron chi connectivity index (χ1n) is 12.9. The van der Waals surface area contributed by atoms with Crippen LogP contribution in [0.5, 0.6) is 5.75 Å². The van der Waals surface area contributed by atoms with Gasteiger partial charge in [0.2, 0.25) is 0 Å². The van der Waals surface area contributed by atoms with Gasteiger partial charge in [0.15, 0.2) is 0 Å². The molecule has 0 saturated heterocycles. The van der Waals surface area contributed by atoms with Crippen LogP contribution in [0.3, 0.4) is 0 Å². The van der Waals surface area contributed by atoms with Crippen LogP contribution in [0.4, 0.5) is 8.63 Å². The third-order valence-corrected chi connectivity index (χ3v) is 8.57. The van der Waals surface area contributed by atoms with Crippen LogP contribution in [0.2, 0.25) is 0 Å². The zero-order valence-electron chi connectivity index (χ0n) is 21.2. The molecule has 0 unspecified atom stereocenters. The zero-order chi connectivity index (χ0) is 26.5. The standard InChI is InChI=1S/C32H23BF2N2OS/c1-38-24-13-15-25-22(16-24)12-14-26-31(21-10-6-3-7-11-21)27(36-32(25)26)17-23-18-30-28(37(23)33(34)35)19-29(39-30)20-8-4-2-5-9-20/h2-11,13,15-19H,12,14H2,1H3/b27-17-. The number of hydrogen-bond donors (Lipinski definition) is 0. The lowest BCUT2D eigenvalue weighted by atomic mass is 9.83. The van der Waals surface area contributed by atoms with Crippen LogP contribution in [0.25, 0.3) is 32.3 Å². The Morgan fingerprint density at radius 2 is 1.64 bits per heavy atom. The predicted octanol–water partition coefficient (Wildman–Crippen LogP) is 8.39. The molecule has 190 valence electrons. The maximum absolute atomic E-state index is 14.5. The van der Waals surface area contributed by atoms with Crippen LogP contribution in [-0.2, 0) is 6.42 Å². The molecule has 1 aliphatic carbocycles. The molecule has 0 saturated carbocycles. The molecule has 5 aromatic rings. The van der Waals surface area contributed by atoms with Gasteiger partial charge in [0.25, 0.3) is 0 Å². The minimum absolute atomic E-state index is 0.452. The van der Waals surface area contributed by atoms with E-state index in [0.29, 0.717) is 16.9 Å². The lowest BCUT2D eigenvalue weighted by molar-refractivity contribution is 0.414. The molecule has 7 heteroatoms. The average molecular weight is 532 g/mol. The third kappa shape index (κ3) is 4.05. The van der Waals surface area contributed by atoms with Crippen molar-refractivity contribution in [2.75, 3.05) is 7.11 Å². The fourth-order valence-corrected chi connectivity index (χ4v) is 6.76. The molecule has 3 nitrogen and oxygen atoms in total. The highest BCUT2D eigenvalue weighted by Crippen LogP contribution is 2.43. The van der Waals surface area contributed by atoms with E-state index in [0.717, 1.165) is 66.2 Å². The molecule has 0 bridgehead atoms. The monoisotopic (exact) mass is 532 g/mol. The number of aliphatic imine (C=N–C) groups is 1. The molecule has 2 aliphatic rings. The van der Waals surface area contributed by atoms with Crippen molar-refractivity contribution in [2.45, 2.75) is 12.8 Å². The summed E-state index contributed by atoms with van der Waals surface area (Å²) in [5.74, 6) is 0.823. The molecule has 0 N–H and O–H groups in total. The van der Waals surface area contributed by atoms with Gasteiger partial charge in [-0.25, -0.2) is 4.99 Å². The minimum atomic E-state index is -2.68. The number of aromatic nitrogens is 1. The quantitative estimate of drug-likeness (QED) is 0.209. The van der Waals surface area contributed by atoms with Gasteiger partial charge in [0.05, 0.1) is 28.7 Å². The van der Waals surface area contributed by atoms with Gasteiger partial charge in [-0.05, 0) is 71.5 Å². The van der Waals surface area contributed by atoms with Crippen molar-refractivity contribution in [1.82, 2.24) is 4.48 Å². The third-order valence-electron chi connectivity index (χ3n) is 7.45. The second kappa shape index (κ2) is 9.51. The number of aryl methyl sites for hydroxylation is 1. The fourth-order valence-electron chi connectivity index (χ4n) is 5.65. The van der Waals surface area contributed by atoms with E-state index in [4.69, 9.17) is 9.73 Å². The molecule has 2 aromatic heterocycles. The van der Waals surface area contributed by atoms with Gasteiger partial charge in [0.1, 0.15) is 5.75 Å². The smallest absolute Gasteiger partial charge is 0.497 e. The number of fused-ring (bicyclic) bond motifs is 4. The summed E-state index contributed by atoms with van der Waals surface area (Å²) in [7, 11) is -1.01. The van der Waals surface area contributed by atoms with E-state index in [2.05, 4.69) is 24.3 Å². The van der Waals surface area contributed by atoms with Crippen LogP contribution in [0.1, 0.15) is 28.8 Å². The molecular weight excluding hydrogens is 509 g/mol. The van der Waals surface area contributed by atoms with Crippen LogP contribution in [0.15, 0.2) is 107 Å². The molecular formula is C32H23BF2N2OS. The second-order valence-electron chi connectivity index (χ2n) is 9.68. The molecule has 39 heavy (non-hydrogen) atoms. The summed E-state index contributed by atoms with van der Waals surface area (Å²) in [4.78, 5) is 6.06. The largest absolute Gasteiger partial charge is 0.678 e. The van der Waals surface area contributed by atoms with Gasteiger partial charge in [-0.3, -0.25) is 8.63 Å². The molecule has 7 rings (SSSR count). The molecule has 0 radical (unpaired) electrons. The number of methoxy groups -OCH3 is 1. The van der Waals surface area contributed by atoms with Crippen molar-refractivity contribution in [3.63, 3.8) is 0 Å². The minimum Gasteiger partial charge on any atom is -0.497 e. The first-order chi connectivity index (χ1) is 19.1. The molecule has 3 aromatic carbocycles. The van der Waals surface area contributed by atoms with E-state index in [9.17, 15) is 8.63 Å². The fraction of sp³-hybridized carbons (Fsp3) is 0.0938. The lowest BCUT2D eigenvalue weighted by Crippen LogP contribution is -2.14. The van der Waals surface area contributed by atoms with Gasteiger partial charge >= 0.3 is 7.40 Å². The highest BCUT2D eigenvalue weighted by molar-refractivity contribution is 7.22. The van der Waals surface area contributed by atoms with Crippen LogP contribution >= 0.6 is 11.3 Å². The Morgan fingerprint density at radius 3 is 2.36 bits per heavy atom. The Morgan fingerprint density at radius 1 is 0.897 bits per heavy atom. The maximum Gasteiger partial charge on any atom is 0.678 e. The maximum atomic E-state index is 14.5. The first-order valence-corrected chi connectivity index (χ1v) is 13.7. The lowest BCUT2D eigenvalue weighted by Gasteiger charge is -2.20. The normalized spacial score (nSPS) is 15.5. The van der Waals surface area contributed by atoms with Crippen molar-refractivity contribution in [3.05, 3.63) is 125 Å². The van der Waals surface area contributed by atoms with E-state index in [1.54, 1.807) is 7.11 Å². The van der Waals surface area contributed by atoms with Gasteiger partial charge in [-0.2, -0.15) is 0 Å². The molecule has 0 spiro atoms. The summed E-state index contributed by atoms with van der Waals surface area (Å²) in [5.41, 5.74) is 9.13. The van der Waals surface area contributed by atoms with Gasteiger partial charge in [-0.15, -0.1) is 11.3 Å². The predicted molar refractivity (Wildman–Crippen MR) is 158 cm³/mol. The number of rotatable bonds is 5. The highest BCUT2D eigenvalue weighted by Gasteiger charge is 2.31. The summed E-state index contributed by atoms with van der Waals surface area (Å²) >= 11 is 1.53. The summed E-state index contributed by atoms with van der Waals surface area (Å²) in [5, 5.41) is 0. The van der Waals surface area contributed by atoms with E-state index >= 15 is 0 Å². The number of nitrogens with zero attached hydrogens (tertiary/aromatic N) is 2. The highest BCUT2D eigenvalue weighted by atomic mass is 32.1. The van der Waals surface area contributed by atoms with Crippen molar-refractivity contribution in [3.8, 4) is 16.2 Å². The van der Waals surface area contributed by atoms with Crippen LogP contribution < -0.4 is 4.74 Å². The molecule has 1 aliphatic heterocycles. The first kappa shape index (κ1) is 23.9. The second-order valence-corrected chi connectivity index (χ2v) is 10.8. The van der Waals surface area contributed by atoms with Crippen LogP contribution in [0, 0.1) is 0 Å². The van der Waals surface area contributed by atoms with E-state index in [1.165, 1.54) is 16.9 Å². The number of ether oxygens (including phenoxy) is 1. The summed E-state index contributed by atoms with van der Waals surface area (Å²) in [6.45, 7) is 0. The molecule has 3 heterocycles. The Bertz CT molecular complexity index is 1820. The summed E-state index contributed by atoms with van der Waals surface area (Å²) < 4.78 is 36.5. The van der Waals surface area contributed by atoms with E-state index in [-0.39, 0.29) is 0 Å². The molecule has 0 atom stereocenters. The van der Waals surface area contributed by atoms with Crippen LogP contribution in [-0.4, -0.2) is 24.7 Å². The Balaban J connectivity index is 1.40. The van der Waals surface area contributed by atoms with Gasteiger partial charge < -0.3 is 9.21 Å². The van der Waals surface area contributed by atoms with Gasteiger partial charge in [-0.1, -0.05) is 60.7 Å². The SMILES string of the molecule is COc1ccc2c(c1)CCC1=C(c3ccccc3)/C(=C/c3cc4sc(-c5ccccc5)cc4n3B(F)F)N=C12. The number of hydrogen-bond acceptors (Lipinski definition) is 3. The van der Waals surface area contributed by atoms with Crippen molar-refractivity contribution in [1.29, 1.82) is 0 Å². The number of benzene rings is 3. The summed E-state index contributed by atoms with van der Waals surface area (Å²) in [6.07, 6.45) is 3.52. The number of allylic oxidation sites excluding steroid dienone is 2. The Labute approximate surface area is 229 Å².